The number of ether oxygens (including phenoxy) is 1. The first-order valence-corrected chi connectivity index (χ1v) is 12.1. The summed E-state index contributed by atoms with van der Waals surface area (Å²) in [5.41, 5.74) is 4.29. The standard InChI is InChI=1S/C26H36N2O2.ClH/c1-4-27-15-19(26(29)30-20-9-6-5-7-10-20)13-22-21-11-8-12-23-25(21)18(14-24(22)27)16-28(23)17(2)3;/h8,11-12,16-17,19-20,22,24H,4-7,9-10,13-15H2,1-3H3;1H/t19-,22?,24?;/m1./s1. The van der Waals surface area contributed by atoms with Crippen molar-refractivity contribution in [2.45, 2.75) is 89.8 Å². The lowest BCUT2D eigenvalue weighted by atomic mass is 9.72. The number of halogens is 1. The lowest BCUT2D eigenvalue weighted by Gasteiger charge is -2.46. The number of hydrogen-bond acceptors (Lipinski definition) is 3. The van der Waals surface area contributed by atoms with Gasteiger partial charge in [-0.05, 0) is 76.1 Å². The molecule has 0 N–H and O–H groups in total. The van der Waals surface area contributed by atoms with E-state index in [1.54, 1.807) is 0 Å². The second-order valence-corrected chi connectivity index (χ2v) is 9.99. The molecule has 4 nitrogen and oxygen atoms in total. The van der Waals surface area contributed by atoms with Crippen LogP contribution < -0.4 is 0 Å². The van der Waals surface area contributed by atoms with Crippen LogP contribution in [-0.2, 0) is 16.0 Å². The van der Waals surface area contributed by atoms with E-state index in [0.717, 1.165) is 38.8 Å². The number of piperidine rings is 1. The Kier molecular flexibility index (Phi) is 6.69. The van der Waals surface area contributed by atoms with E-state index in [2.05, 4.69) is 54.6 Å². The molecule has 2 aliphatic carbocycles. The van der Waals surface area contributed by atoms with Crippen molar-refractivity contribution in [3.05, 3.63) is 35.5 Å². The molecular weight excluding hydrogens is 408 g/mol. The number of carbonyl (C=O) groups is 1. The van der Waals surface area contributed by atoms with Gasteiger partial charge in [-0.1, -0.05) is 25.5 Å². The Balaban J connectivity index is 0.00000231. The van der Waals surface area contributed by atoms with Crippen LogP contribution in [0.2, 0.25) is 0 Å². The van der Waals surface area contributed by atoms with E-state index in [0.29, 0.717) is 18.0 Å². The molecule has 1 saturated carbocycles. The molecule has 31 heavy (non-hydrogen) atoms. The maximum Gasteiger partial charge on any atom is 0.310 e. The van der Waals surface area contributed by atoms with Gasteiger partial charge in [0.05, 0.1) is 5.92 Å². The maximum absolute atomic E-state index is 13.1. The fourth-order valence-corrected chi connectivity index (χ4v) is 6.34. The number of likely N-dealkylation sites (tertiary alicyclic amines) is 1. The molecule has 1 aliphatic heterocycles. The Morgan fingerprint density at radius 2 is 1.97 bits per heavy atom. The number of carbonyl (C=O) groups excluding carboxylic acids is 1. The molecule has 0 radical (unpaired) electrons. The minimum Gasteiger partial charge on any atom is -0.462 e. The van der Waals surface area contributed by atoms with Gasteiger partial charge in [-0.15, -0.1) is 12.4 Å². The van der Waals surface area contributed by atoms with Crippen LogP contribution in [0, 0.1) is 5.92 Å². The van der Waals surface area contributed by atoms with E-state index in [4.69, 9.17) is 4.74 Å². The van der Waals surface area contributed by atoms with Gasteiger partial charge in [-0.25, -0.2) is 0 Å². The van der Waals surface area contributed by atoms with Crippen LogP contribution in [0.1, 0.15) is 82.4 Å². The molecule has 0 spiro atoms. The second-order valence-electron chi connectivity index (χ2n) is 9.99. The van der Waals surface area contributed by atoms with Crippen LogP contribution in [0.25, 0.3) is 10.9 Å². The van der Waals surface area contributed by atoms with Crippen molar-refractivity contribution in [2.75, 3.05) is 13.1 Å². The van der Waals surface area contributed by atoms with Crippen molar-refractivity contribution in [1.29, 1.82) is 0 Å². The molecule has 0 amide bonds. The third-order valence-electron chi connectivity index (χ3n) is 7.86. The number of benzene rings is 1. The van der Waals surface area contributed by atoms with Crippen molar-refractivity contribution in [2.24, 2.45) is 5.92 Å². The summed E-state index contributed by atoms with van der Waals surface area (Å²) in [6.07, 6.45) is 10.3. The summed E-state index contributed by atoms with van der Waals surface area (Å²) < 4.78 is 8.44. The van der Waals surface area contributed by atoms with Crippen LogP contribution in [0.4, 0.5) is 0 Å². The molecule has 1 aromatic heterocycles. The van der Waals surface area contributed by atoms with Gasteiger partial charge in [0.1, 0.15) is 6.10 Å². The topological polar surface area (TPSA) is 34.5 Å². The number of rotatable bonds is 4. The van der Waals surface area contributed by atoms with E-state index in [-0.39, 0.29) is 30.4 Å². The lowest BCUT2D eigenvalue weighted by Crippen LogP contribution is -2.51. The predicted molar refractivity (Wildman–Crippen MR) is 128 cm³/mol. The fourth-order valence-electron chi connectivity index (χ4n) is 6.34. The zero-order valence-electron chi connectivity index (χ0n) is 19.2. The summed E-state index contributed by atoms with van der Waals surface area (Å²) >= 11 is 0. The third kappa shape index (κ3) is 4.02. The first-order valence-electron chi connectivity index (χ1n) is 12.1. The number of aromatic nitrogens is 1. The van der Waals surface area contributed by atoms with Gasteiger partial charge in [-0.3, -0.25) is 9.69 Å². The molecule has 2 unspecified atom stereocenters. The zero-order valence-corrected chi connectivity index (χ0v) is 20.0. The van der Waals surface area contributed by atoms with E-state index in [9.17, 15) is 4.79 Å². The van der Waals surface area contributed by atoms with Crippen molar-refractivity contribution >= 4 is 29.3 Å². The fraction of sp³-hybridized carbons (Fsp3) is 0.654. The predicted octanol–water partition coefficient (Wildman–Crippen LogP) is 5.87. The summed E-state index contributed by atoms with van der Waals surface area (Å²) in [5, 5.41) is 1.45. The number of likely N-dealkylation sites (N-methyl/N-ethyl adjacent to an activating group) is 1. The van der Waals surface area contributed by atoms with Crippen LogP contribution in [0.3, 0.4) is 0 Å². The lowest BCUT2D eigenvalue weighted by molar-refractivity contribution is -0.158. The number of fused-ring (bicyclic) bond motifs is 2. The van der Waals surface area contributed by atoms with E-state index >= 15 is 0 Å². The molecule has 5 heteroatoms. The molecule has 1 saturated heterocycles. The van der Waals surface area contributed by atoms with E-state index in [1.807, 2.05) is 0 Å². The SMILES string of the molecule is CCN1C[C@H](C(=O)OC2CCCCC2)CC2c3cccc4c3c(cn4C(C)C)CC21.Cl. The minimum atomic E-state index is -0.00267. The number of esters is 1. The molecule has 170 valence electrons. The Bertz CT molecular complexity index is 931. The Morgan fingerprint density at radius 1 is 1.19 bits per heavy atom. The molecule has 2 fully saturated rings. The highest BCUT2D eigenvalue weighted by Crippen LogP contribution is 2.46. The van der Waals surface area contributed by atoms with Crippen LogP contribution in [0.5, 0.6) is 0 Å². The van der Waals surface area contributed by atoms with Gasteiger partial charge in [0.15, 0.2) is 0 Å². The Hall–Kier alpha value is -1.52. The normalized spacial score (nSPS) is 26.5. The third-order valence-corrected chi connectivity index (χ3v) is 7.86. The first kappa shape index (κ1) is 22.7. The van der Waals surface area contributed by atoms with Gasteiger partial charge in [0.25, 0.3) is 0 Å². The Morgan fingerprint density at radius 3 is 2.68 bits per heavy atom. The average molecular weight is 445 g/mol. The highest BCUT2D eigenvalue weighted by molar-refractivity contribution is 5.89. The van der Waals surface area contributed by atoms with Crippen molar-refractivity contribution < 1.29 is 9.53 Å². The molecule has 2 aromatic rings. The van der Waals surface area contributed by atoms with Gasteiger partial charge in [0.2, 0.25) is 0 Å². The Labute approximate surface area is 192 Å². The molecule has 1 aromatic carbocycles. The summed E-state index contributed by atoms with van der Waals surface area (Å²) in [7, 11) is 0. The molecular formula is C26H37ClN2O2. The molecule has 3 aliphatic rings. The quantitative estimate of drug-likeness (QED) is 0.553. The monoisotopic (exact) mass is 444 g/mol. The van der Waals surface area contributed by atoms with Crippen LogP contribution >= 0.6 is 12.4 Å². The largest absolute Gasteiger partial charge is 0.462 e. The number of hydrogen-bond donors (Lipinski definition) is 0. The first-order chi connectivity index (χ1) is 14.6. The number of nitrogens with zero attached hydrogens (tertiary/aromatic N) is 2. The second kappa shape index (κ2) is 9.15. The molecule has 2 heterocycles. The zero-order chi connectivity index (χ0) is 20.8. The summed E-state index contributed by atoms with van der Waals surface area (Å²) in [4.78, 5) is 15.7. The average Bonchev–Trinajstić information content (AvgIpc) is 3.14. The minimum absolute atomic E-state index is 0. The van der Waals surface area contributed by atoms with Gasteiger partial charge < -0.3 is 9.30 Å². The highest BCUT2D eigenvalue weighted by Gasteiger charge is 2.43. The van der Waals surface area contributed by atoms with Gasteiger partial charge in [-0.2, -0.15) is 0 Å². The summed E-state index contributed by atoms with van der Waals surface area (Å²) in [6.45, 7) is 8.60. The highest BCUT2D eigenvalue weighted by atomic mass is 35.5. The van der Waals surface area contributed by atoms with Crippen LogP contribution in [0.15, 0.2) is 24.4 Å². The van der Waals surface area contributed by atoms with Crippen molar-refractivity contribution in [3.8, 4) is 0 Å². The van der Waals surface area contributed by atoms with Gasteiger partial charge in [0, 0.05) is 41.6 Å². The van der Waals surface area contributed by atoms with Crippen molar-refractivity contribution in [1.82, 2.24) is 9.47 Å². The maximum atomic E-state index is 13.1. The van der Waals surface area contributed by atoms with E-state index in [1.165, 1.54) is 41.3 Å². The van der Waals surface area contributed by atoms with Crippen LogP contribution in [-0.4, -0.2) is 40.7 Å². The van der Waals surface area contributed by atoms with E-state index < -0.39 is 0 Å². The summed E-state index contributed by atoms with van der Waals surface area (Å²) in [6, 6.07) is 7.74. The van der Waals surface area contributed by atoms with Crippen molar-refractivity contribution in [3.63, 3.8) is 0 Å². The molecule has 3 atom stereocenters. The van der Waals surface area contributed by atoms with Gasteiger partial charge >= 0.3 is 5.97 Å². The molecule has 5 rings (SSSR count). The summed E-state index contributed by atoms with van der Waals surface area (Å²) in [5.74, 6) is 0.468. The smallest absolute Gasteiger partial charge is 0.310 e. The molecule has 0 bridgehead atoms.